The van der Waals surface area contributed by atoms with Gasteiger partial charge in [-0.2, -0.15) is 0 Å². The molecule has 0 spiro atoms. The SMILES string of the molecule is O=C(Br)c1cccc(C(F)F)c1COc1ccn(O)n1. The maximum absolute atomic E-state index is 13.0. The highest BCUT2D eigenvalue weighted by Crippen LogP contribution is 2.27. The molecule has 0 amide bonds. The van der Waals surface area contributed by atoms with E-state index in [1.54, 1.807) is 0 Å². The van der Waals surface area contributed by atoms with Crippen LogP contribution in [0.1, 0.15) is 27.9 Å². The van der Waals surface area contributed by atoms with Crippen molar-refractivity contribution < 1.29 is 23.5 Å². The van der Waals surface area contributed by atoms with E-state index >= 15 is 0 Å². The molecule has 5 nitrogen and oxygen atoms in total. The zero-order chi connectivity index (χ0) is 14.7. The molecule has 2 aromatic rings. The number of hydrogen-bond acceptors (Lipinski definition) is 4. The van der Waals surface area contributed by atoms with Crippen molar-refractivity contribution in [1.82, 2.24) is 9.94 Å². The van der Waals surface area contributed by atoms with Crippen molar-refractivity contribution in [1.29, 1.82) is 0 Å². The average molecular weight is 347 g/mol. The van der Waals surface area contributed by atoms with Crippen LogP contribution in [0.25, 0.3) is 0 Å². The van der Waals surface area contributed by atoms with Gasteiger partial charge in [0.15, 0.2) is 0 Å². The molecule has 0 aliphatic heterocycles. The van der Waals surface area contributed by atoms with Crippen LogP contribution in [0.15, 0.2) is 30.5 Å². The fourth-order valence-corrected chi connectivity index (χ4v) is 2.05. The number of benzene rings is 1. The van der Waals surface area contributed by atoms with Crippen LogP contribution in [0.4, 0.5) is 8.78 Å². The molecule has 2 rings (SSSR count). The summed E-state index contributed by atoms with van der Waals surface area (Å²) in [5, 5.41) is 12.5. The first-order valence-corrected chi connectivity index (χ1v) is 6.26. The third-order valence-corrected chi connectivity index (χ3v) is 3.00. The molecule has 8 heteroatoms. The molecule has 106 valence electrons. The summed E-state index contributed by atoms with van der Waals surface area (Å²) in [5.74, 6) is 0.0598. The van der Waals surface area contributed by atoms with Gasteiger partial charge in [-0.05, 0) is 15.9 Å². The van der Waals surface area contributed by atoms with E-state index in [0.717, 1.165) is 0 Å². The number of carbonyl (C=O) groups excluding carboxylic acids is 1. The van der Waals surface area contributed by atoms with Crippen molar-refractivity contribution in [2.24, 2.45) is 0 Å². The molecule has 0 radical (unpaired) electrons. The van der Waals surface area contributed by atoms with E-state index in [2.05, 4.69) is 21.0 Å². The van der Waals surface area contributed by atoms with Crippen LogP contribution in [0.5, 0.6) is 5.88 Å². The molecule has 0 aliphatic rings. The summed E-state index contributed by atoms with van der Waals surface area (Å²) in [6, 6.07) is 5.39. The maximum Gasteiger partial charge on any atom is 0.264 e. The Hall–Kier alpha value is -1.96. The van der Waals surface area contributed by atoms with Crippen LogP contribution in [0, 0.1) is 0 Å². The average Bonchev–Trinajstić information content (AvgIpc) is 2.81. The lowest BCUT2D eigenvalue weighted by atomic mass is 10.0. The van der Waals surface area contributed by atoms with Gasteiger partial charge in [-0.15, -0.1) is 4.85 Å². The van der Waals surface area contributed by atoms with Gasteiger partial charge in [-0.1, -0.05) is 23.3 Å². The van der Waals surface area contributed by atoms with Crippen LogP contribution >= 0.6 is 15.9 Å². The Bertz CT molecular complexity index is 631. The highest BCUT2D eigenvalue weighted by molar-refractivity contribution is 9.18. The maximum atomic E-state index is 13.0. The van der Waals surface area contributed by atoms with E-state index in [4.69, 9.17) is 9.94 Å². The number of halogens is 3. The van der Waals surface area contributed by atoms with Gasteiger partial charge in [0, 0.05) is 22.8 Å². The lowest BCUT2D eigenvalue weighted by Gasteiger charge is -2.12. The number of rotatable bonds is 5. The summed E-state index contributed by atoms with van der Waals surface area (Å²) in [5.41, 5.74) is -0.0955. The normalized spacial score (nSPS) is 10.8. The lowest BCUT2D eigenvalue weighted by Crippen LogP contribution is -2.07. The van der Waals surface area contributed by atoms with Crippen molar-refractivity contribution in [3.63, 3.8) is 0 Å². The molecule has 0 unspecified atom stereocenters. The Morgan fingerprint density at radius 3 is 2.75 bits per heavy atom. The van der Waals surface area contributed by atoms with Crippen LogP contribution in [0.2, 0.25) is 0 Å². The van der Waals surface area contributed by atoms with Gasteiger partial charge in [-0.3, -0.25) is 4.79 Å². The minimum Gasteiger partial charge on any atom is -0.472 e. The van der Waals surface area contributed by atoms with Gasteiger partial charge in [0.2, 0.25) is 10.6 Å². The Kier molecular flexibility index (Phi) is 4.33. The number of ether oxygens (including phenoxy) is 1. The van der Waals surface area contributed by atoms with Gasteiger partial charge >= 0.3 is 0 Å². The van der Waals surface area contributed by atoms with Crippen LogP contribution in [-0.2, 0) is 6.61 Å². The van der Waals surface area contributed by atoms with Crippen molar-refractivity contribution in [3.05, 3.63) is 47.2 Å². The van der Waals surface area contributed by atoms with Gasteiger partial charge in [0.05, 0.1) is 6.20 Å². The third-order valence-electron chi connectivity index (χ3n) is 2.57. The van der Waals surface area contributed by atoms with Gasteiger partial charge < -0.3 is 9.94 Å². The van der Waals surface area contributed by atoms with Crippen LogP contribution in [-0.4, -0.2) is 19.8 Å². The van der Waals surface area contributed by atoms with Crippen molar-refractivity contribution >= 4 is 20.6 Å². The Labute approximate surface area is 120 Å². The largest absolute Gasteiger partial charge is 0.472 e. The van der Waals surface area contributed by atoms with E-state index < -0.39 is 11.1 Å². The fourth-order valence-electron chi connectivity index (χ4n) is 1.68. The predicted octanol–water partition coefficient (Wildman–Crippen LogP) is 3.17. The zero-order valence-corrected chi connectivity index (χ0v) is 11.5. The molecule has 1 N–H and O–H groups in total. The predicted molar refractivity (Wildman–Crippen MR) is 68.4 cm³/mol. The second-order valence-corrected chi connectivity index (χ2v) is 4.53. The van der Waals surface area contributed by atoms with Crippen LogP contribution < -0.4 is 4.74 Å². The highest BCUT2D eigenvalue weighted by atomic mass is 79.9. The van der Waals surface area contributed by atoms with Crippen molar-refractivity contribution in [2.45, 2.75) is 13.0 Å². The monoisotopic (exact) mass is 346 g/mol. The Balaban J connectivity index is 2.30. The van der Waals surface area contributed by atoms with Crippen LogP contribution in [0.3, 0.4) is 0 Å². The van der Waals surface area contributed by atoms with Gasteiger partial charge in [0.25, 0.3) is 6.43 Å². The second kappa shape index (κ2) is 6.00. The molecular weight excluding hydrogens is 338 g/mol. The summed E-state index contributed by atoms with van der Waals surface area (Å²) in [6.07, 6.45) is -1.50. The molecular formula is C12H9BrF2N2O3. The van der Waals surface area contributed by atoms with E-state index in [1.807, 2.05) is 0 Å². The first-order valence-electron chi connectivity index (χ1n) is 5.46. The molecule has 0 aliphatic carbocycles. The van der Waals surface area contributed by atoms with E-state index in [9.17, 15) is 13.6 Å². The standard InChI is InChI=1S/C12H9BrF2N2O3/c13-11(18)7-2-1-3-8(12(14)15)9(7)6-20-10-4-5-17(19)16-10/h1-5,12,19H,6H2. The minimum atomic E-state index is -2.73. The molecule has 0 saturated carbocycles. The topological polar surface area (TPSA) is 64.3 Å². The van der Waals surface area contributed by atoms with Gasteiger partial charge in [-0.25, -0.2) is 8.78 Å². The fraction of sp³-hybridized carbons (Fsp3) is 0.167. The van der Waals surface area contributed by atoms with E-state index in [-0.39, 0.29) is 29.2 Å². The third kappa shape index (κ3) is 3.13. The van der Waals surface area contributed by atoms with Crippen molar-refractivity contribution in [2.75, 3.05) is 0 Å². The zero-order valence-electron chi connectivity index (χ0n) is 9.96. The quantitative estimate of drug-likeness (QED) is 0.667. The van der Waals surface area contributed by atoms with E-state index in [1.165, 1.54) is 30.5 Å². The highest BCUT2D eigenvalue weighted by Gasteiger charge is 2.19. The molecule has 0 bridgehead atoms. The molecule has 0 saturated heterocycles. The molecule has 1 heterocycles. The smallest absolute Gasteiger partial charge is 0.264 e. The van der Waals surface area contributed by atoms with E-state index in [0.29, 0.717) is 4.85 Å². The summed E-state index contributed by atoms with van der Waals surface area (Å²) < 4.78 is 30.6. The summed E-state index contributed by atoms with van der Waals surface area (Å²) in [6.45, 7) is -0.260. The summed E-state index contributed by atoms with van der Waals surface area (Å²) >= 11 is 2.75. The first kappa shape index (κ1) is 14.4. The second-order valence-electron chi connectivity index (χ2n) is 3.81. The lowest BCUT2D eigenvalue weighted by molar-refractivity contribution is 0.109. The molecule has 1 aromatic carbocycles. The Morgan fingerprint density at radius 1 is 1.45 bits per heavy atom. The number of nitrogens with zero attached hydrogens (tertiary/aromatic N) is 2. The molecule has 0 atom stereocenters. The summed E-state index contributed by atoms with van der Waals surface area (Å²) in [7, 11) is 0. The Morgan fingerprint density at radius 2 is 2.20 bits per heavy atom. The number of alkyl halides is 2. The van der Waals surface area contributed by atoms with Gasteiger partial charge in [0.1, 0.15) is 6.61 Å². The number of hydrogen-bond donors (Lipinski definition) is 1. The number of aromatic nitrogens is 2. The first-order chi connectivity index (χ1) is 9.49. The summed E-state index contributed by atoms with van der Waals surface area (Å²) in [4.78, 5) is 11.9. The number of carbonyl (C=O) groups is 1. The molecule has 1 aromatic heterocycles. The molecule has 0 fully saturated rings. The molecule has 20 heavy (non-hydrogen) atoms. The minimum absolute atomic E-state index is 0.0598. The van der Waals surface area contributed by atoms with Crippen molar-refractivity contribution in [3.8, 4) is 5.88 Å².